The number of carbonyl (C=O) groups excluding carboxylic acids is 1. The molecule has 0 unspecified atom stereocenters. The highest BCUT2D eigenvalue weighted by molar-refractivity contribution is 7.78. The largest absolute Gasteiger partial charge is 0.351 e. The van der Waals surface area contributed by atoms with Crippen LogP contribution in [0.3, 0.4) is 0 Å². The van der Waals surface area contributed by atoms with Crippen molar-refractivity contribution in [1.29, 1.82) is 0 Å². The predicted molar refractivity (Wildman–Crippen MR) is 63.7 cm³/mol. The van der Waals surface area contributed by atoms with Crippen molar-refractivity contribution in [2.75, 3.05) is 0 Å². The van der Waals surface area contributed by atoms with Crippen LogP contribution in [-0.2, 0) is 6.54 Å². The average molecular weight is 239 g/mol. The molecule has 1 aromatic heterocycles. The van der Waals surface area contributed by atoms with E-state index in [0.717, 1.165) is 19.5 Å². The Bertz CT molecular complexity index is 464. The number of hydrogen-bond donors (Lipinski definition) is 2. The highest BCUT2D eigenvalue weighted by Gasteiger charge is 2.09. The summed E-state index contributed by atoms with van der Waals surface area (Å²) in [4.78, 5) is 15.1. The molecule has 2 N–H and O–H groups in total. The molecule has 0 saturated heterocycles. The highest BCUT2D eigenvalue weighted by atomic mass is 32.1. The van der Waals surface area contributed by atoms with Crippen LogP contribution >= 0.6 is 24.2 Å². The first-order valence-electron chi connectivity index (χ1n) is 4.27. The maximum atomic E-state index is 10.8. The van der Waals surface area contributed by atoms with Crippen LogP contribution in [0.4, 0.5) is 4.79 Å². The van der Waals surface area contributed by atoms with E-state index in [9.17, 15) is 4.79 Å². The molecule has 78 valence electrons. The van der Waals surface area contributed by atoms with Crippen LogP contribution in [0.25, 0.3) is 10.2 Å². The number of para-hydroxylation sites is 1. The van der Waals surface area contributed by atoms with Gasteiger partial charge in [0.2, 0.25) is 0 Å². The standard InChI is InChI=1S/C9H9N3OS2/c10-9(13)12(14)5-8-11-6-3-1-2-4-7(6)15-8/h1-4,14H,5H2,(H2,10,13). The smallest absolute Gasteiger partial charge is 0.324 e. The Morgan fingerprint density at radius 3 is 2.93 bits per heavy atom. The molecule has 0 fully saturated rings. The Morgan fingerprint density at radius 2 is 2.27 bits per heavy atom. The Morgan fingerprint density at radius 1 is 1.53 bits per heavy atom. The fraction of sp³-hybridized carbons (Fsp3) is 0.111. The van der Waals surface area contributed by atoms with Gasteiger partial charge in [-0.25, -0.2) is 9.78 Å². The van der Waals surface area contributed by atoms with E-state index in [1.165, 1.54) is 11.3 Å². The van der Waals surface area contributed by atoms with E-state index in [4.69, 9.17) is 5.73 Å². The Labute approximate surface area is 96.3 Å². The molecule has 6 heteroatoms. The van der Waals surface area contributed by atoms with Crippen LogP contribution in [-0.4, -0.2) is 15.3 Å². The number of primary amides is 1. The Kier molecular flexibility index (Phi) is 2.79. The molecule has 1 heterocycles. The summed E-state index contributed by atoms with van der Waals surface area (Å²) in [6.07, 6.45) is 0. The summed E-state index contributed by atoms with van der Waals surface area (Å²) in [7, 11) is 0. The second-order valence-corrected chi connectivity index (χ2v) is 4.57. The van der Waals surface area contributed by atoms with Gasteiger partial charge in [0.25, 0.3) is 0 Å². The number of urea groups is 1. The third-order valence-electron chi connectivity index (χ3n) is 1.88. The van der Waals surface area contributed by atoms with E-state index in [1.807, 2.05) is 24.3 Å². The third-order valence-corrected chi connectivity index (χ3v) is 3.24. The van der Waals surface area contributed by atoms with E-state index in [-0.39, 0.29) is 0 Å². The lowest BCUT2D eigenvalue weighted by Crippen LogP contribution is -2.26. The molecule has 0 radical (unpaired) electrons. The number of thiol groups is 1. The zero-order chi connectivity index (χ0) is 10.8. The zero-order valence-electron chi connectivity index (χ0n) is 7.75. The lowest BCUT2D eigenvalue weighted by molar-refractivity contribution is 0.234. The molecule has 2 rings (SSSR count). The molecule has 0 bridgehead atoms. The minimum Gasteiger partial charge on any atom is -0.351 e. The number of rotatable bonds is 2. The van der Waals surface area contributed by atoms with Crippen molar-refractivity contribution in [2.45, 2.75) is 6.54 Å². The summed E-state index contributed by atoms with van der Waals surface area (Å²) < 4.78 is 2.23. The van der Waals surface area contributed by atoms with Gasteiger partial charge in [-0.15, -0.1) is 11.3 Å². The summed E-state index contributed by atoms with van der Waals surface area (Å²) in [5.74, 6) is 0. The molecule has 2 amide bonds. The topological polar surface area (TPSA) is 59.2 Å². The number of aromatic nitrogens is 1. The minimum atomic E-state index is -0.572. The lowest BCUT2D eigenvalue weighted by Gasteiger charge is -2.09. The van der Waals surface area contributed by atoms with Crippen molar-refractivity contribution in [1.82, 2.24) is 9.29 Å². The number of benzene rings is 1. The number of amides is 2. The quantitative estimate of drug-likeness (QED) is 0.788. The molecule has 0 saturated carbocycles. The number of hydrogen-bond acceptors (Lipinski definition) is 4. The summed E-state index contributed by atoms with van der Waals surface area (Å²) in [6.45, 7) is 0.331. The first-order chi connectivity index (χ1) is 7.16. The number of fused-ring (bicyclic) bond motifs is 1. The second kappa shape index (κ2) is 4.08. The molecular weight excluding hydrogens is 230 g/mol. The highest BCUT2D eigenvalue weighted by Crippen LogP contribution is 2.22. The van der Waals surface area contributed by atoms with Crippen molar-refractivity contribution in [2.24, 2.45) is 5.73 Å². The molecule has 0 aliphatic heterocycles. The molecule has 0 aliphatic rings. The summed E-state index contributed by atoms with van der Waals surface area (Å²) in [6, 6.07) is 7.24. The fourth-order valence-electron chi connectivity index (χ4n) is 1.19. The molecule has 0 aliphatic carbocycles. The van der Waals surface area contributed by atoms with Crippen LogP contribution in [0.2, 0.25) is 0 Å². The SMILES string of the molecule is NC(=O)N(S)Cc1nc2ccccc2s1. The van der Waals surface area contributed by atoms with Crippen LogP contribution in [0, 0.1) is 0 Å². The van der Waals surface area contributed by atoms with Gasteiger partial charge < -0.3 is 5.73 Å². The minimum absolute atomic E-state index is 0.331. The molecule has 1 aromatic carbocycles. The van der Waals surface area contributed by atoms with E-state index >= 15 is 0 Å². The van der Waals surface area contributed by atoms with Crippen molar-refractivity contribution in [3.05, 3.63) is 29.3 Å². The van der Waals surface area contributed by atoms with Gasteiger partial charge in [-0.1, -0.05) is 24.9 Å². The second-order valence-electron chi connectivity index (χ2n) is 2.97. The van der Waals surface area contributed by atoms with Gasteiger partial charge in [-0.3, -0.25) is 4.31 Å². The van der Waals surface area contributed by atoms with Crippen molar-refractivity contribution >= 4 is 40.4 Å². The van der Waals surface area contributed by atoms with E-state index < -0.39 is 6.03 Å². The number of carbonyl (C=O) groups is 1. The summed E-state index contributed by atoms with van der Waals surface area (Å²) in [5, 5.41) is 0.824. The maximum Gasteiger partial charge on any atom is 0.324 e. The number of thiazole rings is 1. The van der Waals surface area contributed by atoms with Crippen LogP contribution in [0.5, 0.6) is 0 Å². The Hall–Kier alpha value is -1.27. The maximum absolute atomic E-state index is 10.8. The van der Waals surface area contributed by atoms with Gasteiger partial charge in [0, 0.05) is 0 Å². The fourth-order valence-corrected chi connectivity index (χ4v) is 2.38. The molecule has 0 atom stereocenters. The molecular formula is C9H9N3OS2. The van der Waals surface area contributed by atoms with Gasteiger partial charge in [0.15, 0.2) is 0 Å². The van der Waals surface area contributed by atoms with E-state index in [0.29, 0.717) is 6.54 Å². The Balaban J connectivity index is 2.26. The molecule has 2 aromatic rings. The lowest BCUT2D eigenvalue weighted by atomic mass is 10.3. The van der Waals surface area contributed by atoms with E-state index in [2.05, 4.69) is 17.8 Å². The summed E-state index contributed by atoms with van der Waals surface area (Å²) >= 11 is 5.48. The van der Waals surface area contributed by atoms with Gasteiger partial charge in [0.05, 0.1) is 16.8 Å². The first kappa shape index (κ1) is 10.3. The molecule has 4 nitrogen and oxygen atoms in total. The van der Waals surface area contributed by atoms with Crippen LogP contribution in [0.1, 0.15) is 5.01 Å². The normalized spacial score (nSPS) is 10.5. The number of nitrogens with two attached hydrogens (primary N) is 1. The average Bonchev–Trinajstić information content (AvgIpc) is 2.59. The van der Waals surface area contributed by atoms with Gasteiger partial charge >= 0.3 is 6.03 Å². The monoisotopic (exact) mass is 239 g/mol. The third kappa shape index (κ3) is 2.21. The van der Waals surface area contributed by atoms with Crippen LogP contribution in [0.15, 0.2) is 24.3 Å². The predicted octanol–water partition coefficient (Wildman–Crippen LogP) is 2.02. The van der Waals surface area contributed by atoms with Gasteiger partial charge in [-0.05, 0) is 12.1 Å². The first-order valence-corrected chi connectivity index (χ1v) is 5.49. The van der Waals surface area contributed by atoms with Crippen molar-refractivity contribution < 1.29 is 4.79 Å². The number of nitrogens with zero attached hydrogens (tertiary/aromatic N) is 2. The van der Waals surface area contributed by atoms with Crippen LogP contribution < -0.4 is 5.73 Å². The van der Waals surface area contributed by atoms with E-state index in [1.54, 1.807) is 0 Å². The van der Waals surface area contributed by atoms with Gasteiger partial charge in [0.1, 0.15) is 5.01 Å². The van der Waals surface area contributed by atoms with Crippen molar-refractivity contribution in [3.63, 3.8) is 0 Å². The molecule has 15 heavy (non-hydrogen) atoms. The zero-order valence-corrected chi connectivity index (χ0v) is 9.46. The summed E-state index contributed by atoms with van der Waals surface area (Å²) in [5.41, 5.74) is 6.00. The van der Waals surface area contributed by atoms with Gasteiger partial charge in [-0.2, -0.15) is 0 Å². The van der Waals surface area contributed by atoms with Crippen molar-refractivity contribution in [3.8, 4) is 0 Å². The molecule has 0 spiro atoms.